The molecule has 0 aliphatic carbocycles. The summed E-state index contributed by atoms with van der Waals surface area (Å²) in [6, 6.07) is 6.78. The van der Waals surface area contributed by atoms with Gasteiger partial charge in [0, 0.05) is 56.4 Å². The second kappa shape index (κ2) is 7.27. The molecule has 0 unspecified atom stereocenters. The van der Waals surface area contributed by atoms with Crippen molar-refractivity contribution in [2.24, 2.45) is 5.73 Å². The van der Waals surface area contributed by atoms with Gasteiger partial charge in [0.25, 0.3) is 0 Å². The molecule has 1 aliphatic rings. The zero-order chi connectivity index (χ0) is 15.4. The normalized spacial score (nSPS) is 16.5. The largest absolute Gasteiger partial charge is 0.346 e. The molecule has 4 heteroatoms. The standard InChI is InChI=1S/C18H28N4/c1-15-4-5-17-16(14-22(10-6-19)18(17)13-15)3-2-9-21-11-7-20-8-12-21/h4-5,13-14,20H,2-3,6-12,19H2,1H3. The lowest BCUT2D eigenvalue weighted by molar-refractivity contribution is 0.238. The lowest BCUT2D eigenvalue weighted by Crippen LogP contribution is -2.43. The summed E-state index contributed by atoms with van der Waals surface area (Å²) in [5, 5.41) is 4.82. The number of nitrogens with zero attached hydrogens (tertiary/aromatic N) is 2. The van der Waals surface area contributed by atoms with Crippen molar-refractivity contribution in [3.63, 3.8) is 0 Å². The minimum Gasteiger partial charge on any atom is -0.346 e. The molecule has 1 saturated heterocycles. The van der Waals surface area contributed by atoms with Gasteiger partial charge in [-0.25, -0.2) is 0 Å². The number of hydrogen-bond acceptors (Lipinski definition) is 3. The number of fused-ring (bicyclic) bond motifs is 1. The highest BCUT2D eigenvalue weighted by atomic mass is 15.2. The summed E-state index contributed by atoms with van der Waals surface area (Å²) in [6.45, 7) is 9.60. The van der Waals surface area contributed by atoms with Gasteiger partial charge >= 0.3 is 0 Å². The number of aryl methyl sites for hydroxylation is 2. The lowest BCUT2D eigenvalue weighted by Gasteiger charge is -2.26. The Morgan fingerprint density at radius 1 is 1.18 bits per heavy atom. The molecule has 22 heavy (non-hydrogen) atoms. The Balaban J connectivity index is 1.69. The number of hydrogen-bond donors (Lipinski definition) is 2. The average Bonchev–Trinajstić information content (AvgIpc) is 2.86. The van der Waals surface area contributed by atoms with Crippen LogP contribution in [0.2, 0.25) is 0 Å². The van der Waals surface area contributed by atoms with Crippen LogP contribution in [-0.2, 0) is 13.0 Å². The SMILES string of the molecule is Cc1ccc2c(CCCN3CCNCC3)cn(CCN)c2c1. The van der Waals surface area contributed by atoms with E-state index in [-0.39, 0.29) is 0 Å². The average molecular weight is 300 g/mol. The first-order valence-corrected chi connectivity index (χ1v) is 8.49. The number of benzene rings is 1. The number of aromatic nitrogens is 1. The van der Waals surface area contributed by atoms with Gasteiger partial charge in [0.2, 0.25) is 0 Å². The molecule has 0 amide bonds. The Bertz CT molecular complexity index is 611. The van der Waals surface area contributed by atoms with Gasteiger partial charge in [-0.1, -0.05) is 12.1 Å². The first kappa shape index (κ1) is 15.5. The molecule has 1 fully saturated rings. The van der Waals surface area contributed by atoms with Crippen LogP contribution in [0.5, 0.6) is 0 Å². The summed E-state index contributed by atoms with van der Waals surface area (Å²) < 4.78 is 2.32. The smallest absolute Gasteiger partial charge is 0.0486 e. The van der Waals surface area contributed by atoms with E-state index in [2.05, 4.69) is 46.1 Å². The van der Waals surface area contributed by atoms with Crippen LogP contribution >= 0.6 is 0 Å². The molecular weight excluding hydrogens is 272 g/mol. The third-order valence-electron chi connectivity index (χ3n) is 4.62. The Morgan fingerprint density at radius 3 is 2.77 bits per heavy atom. The van der Waals surface area contributed by atoms with Gasteiger partial charge < -0.3 is 20.5 Å². The van der Waals surface area contributed by atoms with Crippen molar-refractivity contribution in [2.45, 2.75) is 26.3 Å². The summed E-state index contributed by atoms with van der Waals surface area (Å²) in [5.41, 5.74) is 9.89. The van der Waals surface area contributed by atoms with Crippen molar-refractivity contribution in [3.8, 4) is 0 Å². The highest BCUT2D eigenvalue weighted by molar-refractivity contribution is 5.84. The Hall–Kier alpha value is -1.36. The highest BCUT2D eigenvalue weighted by Crippen LogP contribution is 2.24. The molecular formula is C18H28N4. The third-order valence-corrected chi connectivity index (χ3v) is 4.62. The van der Waals surface area contributed by atoms with Crippen molar-refractivity contribution in [3.05, 3.63) is 35.5 Å². The molecule has 4 nitrogen and oxygen atoms in total. The van der Waals surface area contributed by atoms with Crippen molar-refractivity contribution < 1.29 is 0 Å². The van der Waals surface area contributed by atoms with Gasteiger partial charge in [-0.2, -0.15) is 0 Å². The van der Waals surface area contributed by atoms with E-state index in [4.69, 9.17) is 5.73 Å². The Kier molecular flexibility index (Phi) is 5.13. The molecule has 0 atom stereocenters. The van der Waals surface area contributed by atoms with E-state index in [0.717, 1.165) is 26.1 Å². The van der Waals surface area contributed by atoms with Crippen LogP contribution < -0.4 is 11.1 Å². The second-order valence-corrected chi connectivity index (χ2v) is 6.35. The van der Waals surface area contributed by atoms with Gasteiger partial charge in [-0.05, 0) is 43.5 Å². The van der Waals surface area contributed by atoms with Crippen LogP contribution in [0, 0.1) is 6.92 Å². The first-order chi connectivity index (χ1) is 10.8. The Morgan fingerprint density at radius 2 is 2.00 bits per heavy atom. The van der Waals surface area contributed by atoms with Crippen molar-refractivity contribution in [1.82, 2.24) is 14.8 Å². The van der Waals surface area contributed by atoms with Crippen molar-refractivity contribution in [2.75, 3.05) is 39.3 Å². The van der Waals surface area contributed by atoms with E-state index in [0.29, 0.717) is 6.54 Å². The second-order valence-electron chi connectivity index (χ2n) is 6.35. The molecule has 0 saturated carbocycles. The van der Waals surface area contributed by atoms with Gasteiger partial charge in [0.05, 0.1) is 0 Å². The fourth-order valence-electron chi connectivity index (χ4n) is 3.43. The molecule has 2 aromatic rings. The number of nitrogens with two attached hydrogens (primary N) is 1. The predicted molar refractivity (Wildman–Crippen MR) is 93.4 cm³/mol. The number of rotatable bonds is 6. The summed E-state index contributed by atoms with van der Waals surface area (Å²) >= 11 is 0. The molecule has 1 aliphatic heterocycles. The maximum absolute atomic E-state index is 5.76. The van der Waals surface area contributed by atoms with Crippen molar-refractivity contribution in [1.29, 1.82) is 0 Å². The third kappa shape index (κ3) is 3.51. The fourth-order valence-corrected chi connectivity index (χ4v) is 3.43. The fraction of sp³-hybridized carbons (Fsp3) is 0.556. The van der Waals surface area contributed by atoms with E-state index in [1.54, 1.807) is 0 Å². The van der Waals surface area contributed by atoms with Crippen LogP contribution in [0.3, 0.4) is 0 Å². The number of nitrogens with one attached hydrogen (secondary N) is 1. The van der Waals surface area contributed by atoms with Crippen LogP contribution in [0.25, 0.3) is 10.9 Å². The zero-order valence-electron chi connectivity index (χ0n) is 13.6. The Labute approximate surface area is 133 Å². The zero-order valence-corrected chi connectivity index (χ0v) is 13.6. The lowest BCUT2D eigenvalue weighted by atomic mass is 10.1. The van der Waals surface area contributed by atoms with Crippen LogP contribution in [0.15, 0.2) is 24.4 Å². The van der Waals surface area contributed by atoms with E-state index in [1.165, 1.54) is 48.1 Å². The maximum Gasteiger partial charge on any atom is 0.0486 e. The van der Waals surface area contributed by atoms with E-state index in [1.807, 2.05) is 0 Å². The quantitative estimate of drug-likeness (QED) is 0.854. The molecule has 0 radical (unpaired) electrons. The molecule has 0 spiro atoms. The van der Waals surface area contributed by atoms with Gasteiger partial charge in [0.15, 0.2) is 0 Å². The maximum atomic E-state index is 5.76. The topological polar surface area (TPSA) is 46.2 Å². The minimum atomic E-state index is 0.692. The monoisotopic (exact) mass is 300 g/mol. The van der Waals surface area contributed by atoms with Gasteiger partial charge in [-0.15, -0.1) is 0 Å². The highest BCUT2D eigenvalue weighted by Gasteiger charge is 2.11. The van der Waals surface area contributed by atoms with Crippen LogP contribution in [0.1, 0.15) is 17.5 Å². The van der Waals surface area contributed by atoms with E-state index in [9.17, 15) is 0 Å². The van der Waals surface area contributed by atoms with E-state index < -0.39 is 0 Å². The predicted octanol–water partition coefficient (Wildman–Crippen LogP) is 1.75. The molecule has 2 heterocycles. The molecule has 1 aromatic heterocycles. The molecule has 0 bridgehead atoms. The van der Waals surface area contributed by atoms with Crippen LogP contribution in [0.4, 0.5) is 0 Å². The first-order valence-electron chi connectivity index (χ1n) is 8.49. The summed E-state index contributed by atoms with van der Waals surface area (Å²) in [6.07, 6.45) is 4.70. The summed E-state index contributed by atoms with van der Waals surface area (Å²) in [7, 11) is 0. The molecule has 3 rings (SSSR count). The van der Waals surface area contributed by atoms with Gasteiger partial charge in [-0.3, -0.25) is 0 Å². The number of piperazine rings is 1. The van der Waals surface area contributed by atoms with Crippen molar-refractivity contribution >= 4 is 10.9 Å². The van der Waals surface area contributed by atoms with E-state index >= 15 is 0 Å². The summed E-state index contributed by atoms with van der Waals surface area (Å²) in [5.74, 6) is 0. The molecule has 1 aromatic carbocycles. The molecule has 120 valence electrons. The van der Waals surface area contributed by atoms with Gasteiger partial charge in [0.1, 0.15) is 0 Å². The van der Waals surface area contributed by atoms with Crippen LogP contribution in [-0.4, -0.2) is 48.7 Å². The minimum absolute atomic E-state index is 0.692. The molecule has 3 N–H and O–H groups in total. The summed E-state index contributed by atoms with van der Waals surface area (Å²) in [4.78, 5) is 2.57.